The lowest BCUT2D eigenvalue weighted by atomic mass is 9.93. The summed E-state index contributed by atoms with van der Waals surface area (Å²) in [5, 5.41) is 0. The van der Waals surface area contributed by atoms with Gasteiger partial charge in [-0.25, -0.2) is 4.99 Å². The molecule has 3 heterocycles. The highest BCUT2D eigenvalue weighted by Crippen LogP contribution is 2.42. The van der Waals surface area contributed by atoms with E-state index in [1.807, 2.05) is 68.1 Å². The van der Waals surface area contributed by atoms with Gasteiger partial charge in [-0.2, -0.15) is 0 Å². The average Bonchev–Trinajstić information content (AvgIpc) is 2.96. The number of nitrogens with zero attached hydrogens (tertiary/aromatic N) is 3. The molecule has 0 N–H and O–H groups in total. The van der Waals surface area contributed by atoms with E-state index in [-0.39, 0.29) is 11.6 Å². The fourth-order valence-corrected chi connectivity index (χ4v) is 5.08. The summed E-state index contributed by atoms with van der Waals surface area (Å²) in [6, 6.07) is 16.1. The Morgan fingerprint density at radius 1 is 1.21 bits per heavy atom. The standard InChI is InChI=1S/C22H21N3O2S/c1-22-13-17(16-6-4-5-7-18(16)27-22)25-20(26)19(28-21(25)23-22)12-14-8-10-15(11-9-14)24(2)3/h4-12,17H,13H2,1-3H3/b19-12+/t17-,22+/m1/s1. The molecular weight excluding hydrogens is 370 g/mol. The highest BCUT2D eigenvalue weighted by molar-refractivity contribution is 7.07. The maximum atomic E-state index is 13.2. The Kier molecular flexibility index (Phi) is 3.74. The van der Waals surface area contributed by atoms with E-state index < -0.39 is 5.72 Å². The predicted molar refractivity (Wildman–Crippen MR) is 112 cm³/mol. The van der Waals surface area contributed by atoms with Crippen LogP contribution in [0, 0.1) is 0 Å². The molecule has 1 aromatic heterocycles. The van der Waals surface area contributed by atoms with Crippen molar-refractivity contribution in [3.63, 3.8) is 0 Å². The Morgan fingerprint density at radius 3 is 2.71 bits per heavy atom. The van der Waals surface area contributed by atoms with Crippen LogP contribution in [0.3, 0.4) is 0 Å². The number of hydrogen-bond donors (Lipinski definition) is 0. The van der Waals surface area contributed by atoms with Crippen LogP contribution >= 0.6 is 11.3 Å². The Balaban J connectivity index is 1.67. The van der Waals surface area contributed by atoms with E-state index in [4.69, 9.17) is 9.73 Å². The molecule has 0 spiro atoms. The number of aromatic nitrogens is 1. The molecule has 0 radical (unpaired) electrons. The number of thiazole rings is 1. The van der Waals surface area contributed by atoms with Crippen LogP contribution in [0.15, 0.2) is 58.3 Å². The second-order valence-electron chi connectivity index (χ2n) is 7.70. The van der Waals surface area contributed by atoms with Gasteiger partial charge < -0.3 is 9.64 Å². The summed E-state index contributed by atoms with van der Waals surface area (Å²) >= 11 is 1.44. The quantitative estimate of drug-likeness (QED) is 0.674. The third kappa shape index (κ3) is 2.67. The first-order valence-corrected chi connectivity index (χ1v) is 10.1. The first-order valence-electron chi connectivity index (χ1n) is 9.32. The summed E-state index contributed by atoms with van der Waals surface area (Å²) in [5.41, 5.74) is 2.58. The summed E-state index contributed by atoms with van der Waals surface area (Å²) in [7, 11) is 4.02. The normalized spacial score (nSPS) is 22.7. The smallest absolute Gasteiger partial charge is 0.270 e. The van der Waals surface area contributed by atoms with E-state index in [9.17, 15) is 4.79 Å². The van der Waals surface area contributed by atoms with E-state index in [1.54, 1.807) is 0 Å². The number of rotatable bonds is 2. The molecule has 0 saturated heterocycles. The van der Waals surface area contributed by atoms with Crippen molar-refractivity contribution in [2.75, 3.05) is 19.0 Å². The minimum Gasteiger partial charge on any atom is -0.466 e. The van der Waals surface area contributed by atoms with Gasteiger partial charge in [-0.05, 0) is 36.8 Å². The maximum Gasteiger partial charge on any atom is 0.270 e. The zero-order chi connectivity index (χ0) is 19.5. The fourth-order valence-electron chi connectivity index (χ4n) is 3.96. The summed E-state index contributed by atoms with van der Waals surface area (Å²) in [6.45, 7) is 1.99. The van der Waals surface area contributed by atoms with Crippen molar-refractivity contribution < 1.29 is 4.74 Å². The number of para-hydroxylation sites is 1. The van der Waals surface area contributed by atoms with Gasteiger partial charge in [-0.3, -0.25) is 9.36 Å². The van der Waals surface area contributed by atoms with Crippen molar-refractivity contribution in [1.29, 1.82) is 0 Å². The van der Waals surface area contributed by atoms with Gasteiger partial charge in [0.2, 0.25) is 5.72 Å². The summed E-state index contributed by atoms with van der Waals surface area (Å²) in [4.78, 5) is 20.8. The molecule has 2 atom stereocenters. The van der Waals surface area contributed by atoms with E-state index in [0.29, 0.717) is 11.0 Å². The molecule has 28 heavy (non-hydrogen) atoms. The third-order valence-corrected chi connectivity index (χ3v) is 6.35. The lowest BCUT2D eigenvalue weighted by Gasteiger charge is -2.39. The molecule has 6 heteroatoms. The largest absolute Gasteiger partial charge is 0.466 e. The second-order valence-corrected chi connectivity index (χ2v) is 8.71. The predicted octanol–water partition coefficient (Wildman–Crippen LogP) is 2.53. The molecule has 5 rings (SSSR count). The van der Waals surface area contributed by atoms with Crippen molar-refractivity contribution in [1.82, 2.24) is 4.57 Å². The van der Waals surface area contributed by atoms with Gasteiger partial charge in [0.05, 0.1) is 10.6 Å². The molecule has 2 aliphatic heterocycles. The van der Waals surface area contributed by atoms with Crippen LogP contribution in [0.4, 0.5) is 5.69 Å². The average molecular weight is 391 g/mol. The summed E-state index contributed by atoms with van der Waals surface area (Å²) < 4.78 is 8.70. The molecule has 2 aliphatic rings. The van der Waals surface area contributed by atoms with Crippen LogP contribution in [0.2, 0.25) is 0 Å². The third-order valence-electron chi connectivity index (χ3n) is 5.37. The molecule has 0 saturated carbocycles. The first kappa shape index (κ1) is 17.3. The molecule has 142 valence electrons. The highest BCUT2D eigenvalue weighted by atomic mass is 32.1. The Bertz CT molecular complexity index is 1240. The number of benzene rings is 2. The van der Waals surface area contributed by atoms with E-state index >= 15 is 0 Å². The zero-order valence-electron chi connectivity index (χ0n) is 16.0. The first-order chi connectivity index (χ1) is 13.4. The van der Waals surface area contributed by atoms with Crippen molar-refractivity contribution in [2.45, 2.75) is 25.1 Å². The van der Waals surface area contributed by atoms with Gasteiger partial charge in [-0.1, -0.05) is 41.7 Å². The number of ether oxygens (including phenoxy) is 1. The van der Waals surface area contributed by atoms with Gasteiger partial charge in [0.25, 0.3) is 5.56 Å². The monoisotopic (exact) mass is 391 g/mol. The van der Waals surface area contributed by atoms with Crippen molar-refractivity contribution in [3.8, 4) is 5.75 Å². The molecule has 0 unspecified atom stereocenters. The molecule has 5 nitrogen and oxygen atoms in total. The van der Waals surface area contributed by atoms with Gasteiger partial charge in [-0.15, -0.1) is 0 Å². The SMILES string of the molecule is CN(C)c1ccc(/C=c2/sc3n(c2=O)[C@@H]2C[C@@](C)(N=3)Oc3ccccc32)cc1. The van der Waals surface area contributed by atoms with Crippen molar-refractivity contribution in [3.05, 3.63) is 79.3 Å². The Hall–Kier alpha value is -2.86. The summed E-state index contributed by atoms with van der Waals surface area (Å²) in [5.74, 6) is 0.818. The molecule has 0 aliphatic carbocycles. The van der Waals surface area contributed by atoms with E-state index in [2.05, 4.69) is 17.0 Å². The summed E-state index contributed by atoms with van der Waals surface area (Å²) in [6.07, 6.45) is 2.62. The van der Waals surface area contributed by atoms with E-state index in [1.165, 1.54) is 11.3 Å². The van der Waals surface area contributed by atoms with Crippen LogP contribution in [0.1, 0.15) is 30.5 Å². The van der Waals surface area contributed by atoms with Gasteiger partial charge in [0.1, 0.15) is 5.75 Å². The molecule has 0 fully saturated rings. The van der Waals surface area contributed by atoms with Crippen molar-refractivity contribution >= 4 is 23.1 Å². The van der Waals surface area contributed by atoms with E-state index in [0.717, 1.165) is 27.4 Å². The Labute approximate surface area is 166 Å². The van der Waals surface area contributed by atoms with Crippen LogP contribution in [-0.4, -0.2) is 24.4 Å². The highest BCUT2D eigenvalue weighted by Gasteiger charge is 2.42. The maximum absolute atomic E-state index is 13.2. The lowest BCUT2D eigenvalue weighted by Crippen LogP contribution is -2.49. The lowest BCUT2D eigenvalue weighted by molar-refractivity contribution is 0.0410. The van der Waals surface area contributed by atoms with Crippen LogP contribution in [0.5, 0.6) is 5.75 Å². The topological polar surface area (TPSA) is 46.8 Å². The second kappa shape index (κ2) is 6.07. The van der Waals surface area contributed by atoms with Crippen LogP contribution in [-0.2, 0) is 0 Å². The number of anilines is 1. The minimum atomic E-state index is -0.624. The van der Waals surface area contributed by atoms with Gasteiger partial charge in [0, 0.05) is 31.8 Å². The van der Waals surface area contributed by atoms with Crippen molar-refractivity contribution in [2.24, 2.45) is 4.99 Å². The molecule has 0 amide bonds. The van der Waals surface area contributed by atoms with Gasteiger partial charge >= 0.3 is 0 Å². The molecule has 2 aromatic carbocycles. The fraction of sp³-hybridized carbons (Fsp3) is 0.273. The van der Waals surface area contributed by atoms with Gasteiger partial charge in [0.15, 0.2) is 4.80 Å². The minimum absolute atomic E-state index is 0.0178. The Morgan fingerprint density at radius 2 is 1.96 bits per heavy atom. The van der Waals surface area contributed by atoms with Crippen LogP contribution in [0.25, 0.3) is 6.08 Å². The van der Waals surface area contributed by atoms with Crippen LogP contribution < -0.4 is 24.5 Å². The number of fused-ring (bicyclic) bond motifs is 6. The molecular formula is C22H21N3O2S. The number of hydrogen-bond acceptors (Lipinski definition) is 5. The zero-order valence-corrected chi connectivity index (χ0v) is 16.9. The molecule has 3 aromatic rings. The molecule has 2 bridgehead atoms.